The number of carboxylic acid groups (broad SMARTS) is 1. The van der Waals surface area contributed by atoms with E-state index >= 15 is 0 Å². The van der Waals surface area contributed by atoms with Crippen molar-refractivity contribution in [1.82, 2.24) is 5.32 Å². The molecule has 5 nitrogen and oxygen atoms in total. The first-order valence-corrected chi connectivity index (χ1v) is 8.05. The summed E-state index contributed by atoms with van der Waals surface area (Å²) in [6.45, 7) is 0.164. The Balaban J connectivity index is 1.71. The second kappa shape index (κ2) is 7.67. The van der Waals surface area contributed by atoms with Crippen LogP contribution >= 0.6 is 34.5 Å². The number of halogens is 2. The summed E-state index contributed by atoms with van der Waals surface area (Å²) in [7, 11) is 0. The predicted molar refractivity (Wildman–Crippen MR) is 84.8 cm³/mol. The summed E-state index contributed by atoms with van der Waals surface area (Å²) in [5.41, 5.74) is 0.946. The van der Waals surface area contributed by atoms with Crippen LogP contribution in [0.15, 0.2) is 22.6 Å². The highest BCUT2D eigenvalue weighted by atomic mass is 35.5. The topological polar surface area (TPSA) is 79.5 Å². The maximum absolute atomic E-state index is 11.7. The molecule has 8 heteroatoms. The Morgan fingerprint density at radius 3 is 2.68 bits per heavy atom. The van der Waals surface area contributed by atoms with Gasteiger partial charge in [0.05, 0.1) is 15.2 Å². The lowest BCUT2D eigenvalue weighted by molar-refractivity contribution is -0.121. The Hall–Kier alpha value is -1.50. The highest BCUT2D eigenvalue weighted by molar-refractivity contribution is 7.20. The summed E-state index contributed by atoms with van der Waals surface area (Å²) < 4.78 is 6.33. The SMILES string of the molecule is O=C(CCCc1cc(Cl)sc1Cl)NCc1ccc(C(=O)O)o1. The van der Waals surface area contributed by atoms with Gasteiger partial charge in [-0.25, -0.2) is 4.79 Å². The van der Waals surface area contributed by atoms with E-state index in [9.17, 15) is 9.59 Å². The summed E-state index contributed by atoms with van der Waals surface area (Å²) in [6, 6.07) is 4.69. The van der Waals surface area contributed by atoms with Crippen LogP contribution in [0.2, 0.25) is 8.67 Å². The molecule has 0 aromatic carbocycles. The standard InChI is InChI=1S/C14H13Cl2NO4S/c15-11-6-8(13(16)22-11)2-1-3-12(18)17-7-9-4-5-10(21-9)14(19)20/h4-6H,1-3,7H2,(H,17,18)(H,19,20). The fourth-order valence-corrected chi connectivity index (χ4v) is 3.39. The van der Waals surface area contributed by atoms with Crippen LogP contribution in [0.4, 0.5) is 0 Å². The number of aromatic carboxylic acids is 1. The van der Waals surface area contributed by atoms with Crippen LogP contribution in [-0.4, -0.2) is 17.0 Å². The van der Waals surface area contributed by atoms with E-state index in [1.807, 2.05) is 6.07 Å². The first-order chi connectivity index (χ1) is 10.5. The Labute approximate surface area is 140 Å². The van der Waals surface area contributed by atoms with Gasteiger partial charge in [0.2, 0.25) is 11.7 Å². The molecule has 0 saturated carbocycles. The van der Waals surface area contributed by atoms with E-state index in [1.165, 1.54) is 23.5 Å². The quantitative estimate of drug-likeness (QED) is 0.781. The molecule has 2 heterocycles. The van der Waals surface area contributed by atoms with Crippen molar-refractivity contribution in [3.8, 4) is 0 Å². The zero-order chi connectivity index (χ0) is 16.1. The largest absolute Gasteiger partial charge is 0.475 e. The van der Waals surface area contributed by atoms with Crippen LogP contribution in [0, 0.1) is 0 Å². The zero-order valence-corrected chi connectivity index (χ0v) is 13.7. The molecule has 0 saturated heterocycles. The van der Waals surface area contributed by atoms with E-state index in [2.05, 4.69) is 5.32 Å². The number of hydrogen-bond donors (Lipinski definition) is 2. The molecule has 0 spiro atoms. The van der Waals surface area contributed by atoms with Gasteiger partial charge >= 0.3 is 5.97 Å². The minimum atomic E-state index is -1.14. The molecule has 0 atom stereocenters. The Kier molecular flexibility index (Phi) is 5.88. The van der Waals surface area contributed by atoms with Crippen molar-refractivity contribution in [3.63, 3.8) is 0 Å². The highest BCUT2D eigenvalue weighted by Gasteiger charge is 2.10. The monoisotopic (exact) mass is 361 g/mol. The van der Waals surface area contributed by atoms with Gasteiger partial charge in [-0.3, -0.25) is 4.79 Å². The number of carbonyl (C=O) groups excluding carboxylic acids is 1. The minimum Gasteiger partial charge on any atom is -0.475 e. The zero-order valence-electron chi connectivity index (χ0n) is 11.4. The average molecular weight is 362 g/mol. The van der Waals surface area contributed by atoms with Gasteiger partial charge in [0.25, 0.3) is 0 Å². The summed E-state index contributed by atoms with van der Waals surface area (Å²) in [4.78, 5) is 22.4. The van der Waals surface area contributed by atoms with Gasteiger partial charge in [0.1, 0.15) is 5.76 Å². The van der Waals surface area contributed by atoms with E-state index in [4.69, 9.17) is 32.7 Å². The molecule has 1 amide bonds. The fraction of sp³-hybridized carbons (Fsp3) is 0.286. The van der Waals surface area contributed by atoms with Gasteiger partial charge in [0, 0.05) is 6.42 Å². The van der Waals surface area contributed by atoms with Crippen LogP contribution in [0.5, 0.6) is 0 Å². The normalized spacial score (nSPS) is 10.6. The second-order valence-electron chi connectivity index (χ2n) is 4.55. The molecule has 118 valence electrons. The molecule has 0 aliphatic rings. The third kappa shape index (κ3) is 4.76. The minimum absolute atomic E-state index is 0.134. The molecule has 0 unspecified atom stereocenters. The van der Waals surface area contributed by atoms with Crippen LogP contribution < -0.4 is 5.32 Å². The number of nitrogens with one attached hydrogen (secondary N) is 1. The fourth-order valence-electron chi connectivity index (χ4n) is 1.85. The van der Waals surface area contributed by atoms with E-state index in [0.717, 1.165) is 5.56 Å². The van der Waals surface area contributed by atoms with Gasteiger partial charge < -0.3 is 14.8 Å². The van der Waals surface area contributed by atoms with Crippen LogP contribution in [0.1, 0.15) is 34.7 Å². The molecule has 0 bridgehead atoms. The van der Waals surface area contributed by atoms with Crippen molar-refractivity contribution in [2.45, 2.75) is 25.8 Å². The number of rotatable bonds is 7. The molecular formula is C14H13Cl2NO4S. The van der Waals surface area contributed by atoms with Crippen molar-refractivity contribution in [2.75, 3.05) is 0 Å². The molecule has 0 aliphatic heterocycles. The molecule has 2 aromatic rings. The Morgan fingerprint density at radius 2 is 2.09 bits per heavy atom. The third-order valence-electron chi connectivity index (χ3n) is 2.91. The summed E-state index contributed by atoms with van der Waals surface area (Å²) >= 11 is 13.2. The number of carbonyl (C=O) groups is 2. The number of aryl methyl sites for hydroxylation is 1. The lowest BCUT2D eigenvalue weighted by Gasteiger charge is -2.03. The third-order valence-corrected chi connectivity index (χ3v) is 4.48. The highest BCUT2D eigenvalue weighted by Crippen LogP contribution is 2.31. The van der Waals surface area contributed by atoms with Gasteiger partial charge in [-0.15, -0.1) is 11.3 Å². The molecule has 0 aliphatic carbocycles. The maximum atomic E-state index is 11.7. The number of furan rings is 1. The lowest BCUT2D eigenvalue weighted by atomic mass is 10.1. The Bertz CT molecular complexity index is 680. The van der Waals surface area contributed by atoms with E-state index in [0.29, 0.717) is 33.7 Å². The van der Waals surface area contributed by atoms with Crippen LogP contribution in [0.25, 0.3) is 0 Å². The molecule has 2 aromatic heterocycles. The van der Waals surface area contributed by atoms with Crippen molar-refractivity contribution in [1.29, 1.82) is 0 Å². The number of carboxylic acids is 1. The first-order valence-electron chi connectivity index (χ1n) is 6.48. The average Bonchev–Trinajstić information content (AvgIpc) is 3.04. The number of thiophene rings is 1. The van der Waals surface area contributed by atoms with Gasteiger partial charge in [-0.1, -0.05) is 23.2 Å². The van der Waals surface area contributed by atoms with Crippen molar-refractivity contribution >= 4 is 46.4 Å². The predicted octanol–water partition coefficient (Wildman–Crippen LogP) is 3.99. The van der Waals surface area contributed by atoms with Crippen molar-refractivity contribution in [3.05, 3.63) is 44.0 Å². The summed E-state index contributed by atoms with van der Waals surface area (Å²) in [5, 5.41) is 11.4. The maximum Gasteiger partial charge on any atom is 0.371 e. The summed E-state index contributed by atoms with van der Waals surface area (Å²) in [6.07, 6.45) is 1.67. The number of hydrogen-bond acceptors (Lipinski definition) is 4. The Morgan fingerprint density at radius 1 is 1.32 bits per heavy atom. The first kappa shape index (κ1) is 16.9. The van der Waals surface area contributed by atoms with Gasteiger partial charge in [-0.2, -0.15) is 0 Å². The molecular weight excluding hydrogens is 349 g/mol. The van der Waals surface area contributed by atoms with E-state index < -0.39 is 5.97 Å². The van der Waals surface area contributed by atoms with Gasteiger partial charge in [0.15, 0.2) is 0 Å². The molecule has 0 radical (unpaired) electrons. The van der Waals surface area contributed by atoms with Crippen LogP contribution in [0.3, 0.4) is 0 Å². The van der Waals surface area contributed by atoms with Crippen molar-refractivity contribution in [2.24, 2.45) is 0 Å². The second-order valence-corrected chi connectivity index (χ2v) is 6.84. The van der Waals surface area contributed by atoms with Crippen molar-refractivity contribution < 1.29 is 19.1 Å². The van der Waals surface area contributed by atoms with Gasteiger partial charge in [-0.05, 0) is 36.6 Å². The smallest absolute Gasteiger partial charge is 0.371 e. The number of amides is 1. The van der Waals surface area contributed by atoms with Crippen LogP contribution in [-0.2, 0) is 17.8 Å². The molecule has 2 N–H and O–H groups in total. The molecule has 22 heavy (non-hydrogen) atoms. The van der Waals surface area contributed by atoms with E-state index in [-0.39, 0.29) is 18.2 Å². The molecule has 2 rings (SSSR count). The lowest BCUT2D eigenvalue weighted by Crippen LogP contribution is -2.22. The summed E-state index contributed by atoms with van der Waals surface area (Å²) in [5.74, 6) is -1.01. The molecule has 0 fully saturated rings. The van der Waals surface area contributed by atoms with E-state index in [1.54, 1.807) is 0 Å².